The van der Waals surface area contributed by atoms with Crippen LogP contribution in [0, 0.1) is 17.3 Å². The Morgan fingerprint density at radius 2 is 1.91 bits per heavy atom. The molecule has 0 saturated heterocycles. The van der Waals surface area contributed by atoms with Crippen LogP contribution >= 0.6 is 11.3 Å². The standard InChI is InChI=1S/C28H32N2OS/c1-5-30(16-8-6-7-15-28(2,3)4)20-23-11-10-14-26(18-23)31-21-24-12-9-13-25(17-24)27-19-29-22-32-27/h6,8-14,17-19,22H,5,16,20-21H2,1-4H3/b8-6+. The zero-order valence-corrected chi connectivity index (χ0v) is 20.3. The van der Waals surface area contributed by atoms with E-state index in [1.54, 1.807) is 11.3 Å². The van der Waals surface area contributed by atoms with Crippen LogP contribution in [0.5, 0.6) is 5.75 Å². The maximum absolute atomic E-state index is 6.10. The number of ether oxygens (including phenoxy) is 1. The van der Waals surface area contributed by atoms with Crippen molar-refractivity contribution >= 4 is 11.3 Å². The second-order valence-corrected chi connectivity index (χ2v) is 9.64. The van der Waals surface area contributed by atoms with Gasteiger partial charge in [-0.25, -0.2) is 0 Å². The smallest absolute Gasteiger partial charge is 0.120 e. The van der Waals surface area contributed by atoms with Crippen molar-refractivity contribution in [3.05, 3.63) is 83.5 Å². The van der Waals surface area contributed by atoms with Crippen molar-refractivity contribution in [2.45, 2.75) is 40.8 Å². The van der Waals surface area contributed by atoms with Crippen molar-refractivity contribution in [3.63, 3.8) is 0 Å². The summed E-state index contributed by atoms with van der Waals surface area (Å²) in [4.78, 5) is 7.73. The van der Waals surface area contributed by atoms with Gasteiger partial charge in [-0.3, -0.25) is 9.88 Å². The van der Waals surface area contributed by atoms with Crippen molar-refractivity contribution < 1.29 is 4.74 Å². The first kappa shape index (κ1) is 23.8. The number of likely N-dealkylation sites (N-methyl/N-ethyl adjacent to an activating group) is 1. The number of allylic oxidation sites excluding steroid dienone is 1. The average Bonchev–Trinajstić information content (AvgIpc) is 3.31. The summed E-state index contributed by atoms with van der Waals surface area (Å²) in [6.45, 7) is 11.8. The Morgan fingerprint density at radius 3 is 2.66 bits per heavy atom. The van der Waals surface area contributed by atoms with E-state index in [1.165, 1.54) is 16.0 Å². The van der Waals surface area contributed by atoms with Gasteiger partial charge in [-0.15, -0.1) is 11.3 Å². The molecule has 1 heterocycles. The van der Waals surface area contributed by atoms with E-state index >= 15 is 0 Å². The molecule has 0 radical (unpaired) electrons. The summed E-state index contributed by atoms with van der Waals surface area (Å²) < 4.78 is 6.10. The highest BCUT2D eigenvalue weighted by molar-refractivity contribution is 7.13. The van der Waals surface area contributed by atoms with Crippen LogP contribution in [-0.4, -0.2) is 23.0 Å². The van der Waals surface area contributed by atoms with Crippen molar-refractivity contribution in [1.29, 1.82) is 0 Å². The predicted octanol–water partition coefficient (Wildman–Crippen LogP) is 6.82. The Hall–Kier alpha value is -2.87. The fourth-order valence-corrected chi connectivity index (χ4v) is 3.78. The van der Waals surface area contributed by atoms with Crippen LogP contribution in [0.3, 0.4) is 0 Å². The first-order valence-electron chi connectivity index (χ1n) is 11.0. The van der Waals surface area contributed by atoms with E-state index in [4.69, 9.17) is 4.74 Å². The molecule has 32 heavy (non-hydrogen) atoms. The minimum absolute atomic E-state index is 0.0394. The summed E-state index contributed by atoms with van der Waals surface area (Å²) in [7, 11) is 0. The second kappa shape index (κ2) is 11.7. The van der Waals surface area contributed by atoms with Gasteiger partial charge in [0.1, 0.15) is 12.4 Å². The second-order valence-electron chi connectivity index (χ2n) is 8.75. The largest absolute Gasteiger partial charge is 0.489 e. The number of aromatic nitrogens is 1. The van der Waals surface area contributed by atoms with Crippen LogP contribution in [0.15, 0.2) is 72.4 Å². The van der Waals surface area contributed by atoms with Crippen molar-refractivity contribution in [1.82, 2.24) is 9.88 Å². The molecule has 0 spiro atoms. The molecule has 0 atom stereocenters. The molecule has 0 aliphatic heterocycles. The van der Waals surface area contributed by atoms with Gasteiger partial charge in [0.15, 0.2) is 0 Å². The molecule has 1 aromatic heterocycles. The lowest BCUT2D eigenvalue weighted by molar-refractivity contribution is 0.299. The zero-order chi connectivity index (χ0) is 22.8. The number of hydrogen-bond acceptors (Lipinski definition) is 4. The topological polar surface area (TPSA) is 25.4 Å². The maximum atomic E-state index is 6.10. The average molecular weight is 445 g/mol. The lowest BCUT2D eigenvalue weighted by Crippen LogP contribution is -2.22. The minimum atomic E-state index is 0.0394. The normalized spacial score (nSPS) is 11.5. The van der Waals surface area contributed by atoms with Crippen molar-refractivity contribution in [2.24, 2.45) is 5.41 Å². The fraction of sp³-hybridized carbons (Fsp3) is 0.321. The van der Waals surface area contributed by atoms with Crippen LogP contribution in [-0.2, 0) is 13.2 Å². The van der Waals surface area contributed by atoms with E-state index in [0.29, 0.717) is 6.61 Å². The number of benzene rings is 2. The zero-order valence-electron chi connectivity index (χ0n) is 19.5. The Bertz CT molecular complexity index is 1070. The summed E-state index contributed by atoms with van der Waals surface area (Å²) in [6, 6.07) is 16.8. The van der Waals surface area contributed by atoms with E-state index in [2.05, 4.69) is 98.0 Å². The van der Waals surface area contributed by atoms with Crippen molar-refractivity contribution in [3.8, 4) is 28.0 Å². The van der Waals surface area contributed by atoms with Crippen LogP contribution < -0.4 is 4.74 Å². The third-order valence-corrected chi connectivity index (χ3v) is 5.64. The van der Waals surface area contributed by atoms with Gasteiger partial charge >= 0.3 is 0 Å². The number of nitrogens with zero attached hydrogens (tertiary/aromatic N) is 2. The first-order valence-corrected chi connectivity index (χ1v) is 11.9. The molecule has 3 aromatic rings. The molecule has 0 aliphatic carbocycles. The first-order chi connectivity index (χ1) is 15.4. The van der Waals surface area contributed by atoms with Gasteiger partial charge in [0.05, 0.1) is 10.4 Å². The van der Waals surface area contributed by atoms with E-state index in [0.717, 1.165) is 30.9 Å². The van der Waals surface area contributed by atoms with E-state index < -0.39 is 0 Å². The summed E-state index contributed by atoms with van der Waals surface area (Å²) in [5.74, 6) is 7.27. The van der Waals surface area contributed by atoms with Gasteiger partial charge in [0.2, 0.25) is 0 Å². The van der Waals surface area contributed by atoms with Gasteiger partial charge in [0.25, 0.3) is 0 Å². The monoisotopic (exact) mass is 444 g/mol. The fourth-order valence-electron chi connectivity index (χ4n) is 3.16. The molecule has 3 nitrogen and oxygen atoms in total. The van der Waals surface area contributed by atoms with E-state index in [9.17, 15) is 0 Å². The van der Waals surface area contributed by atoms with Gasteiger partial charge in [-0.2, -0.15) is 0 Å². The van der Waals surface area contributed by atoms with Crippen LogP contribution in [0.25, 0.3) is 10.4 Å². The minimum Gasteiger partial charge on any atom is -0.489 e. The Kier molecular flexibility index (Phi) is 8.67. The van der Waals surface area contributed by atoms with Gasteiger partial charge < -0.3 is 4.74 Å². The molecule has 4 heteroatoms. The molecule has 0 amide bonds. The molecule has 3 rings (SSSR count). The van der Waals surface area contributed by atoms with E-state index in [-0.39, 0.29) is 5.41 Å². The Balaban J connectivity index is 1.56. The molecule has 0 fully saturated rings. The van der Waals surface area contributed by atoms with Crippen LogP contribution in [0.2, 0.25) is 0 Å². The molecule has 2 aromatic carbocycles. The molecule has 0 N–H and O–H groups in total. The summed E-state index contributed by atoms with van der Waals surface area (Å²) in [5, 5.41) is 0. The summed E-state index contributed by atoms with van der Waals surface area (Å²) >= 11 is 1.65. The third kappa shape index (κ3) is 8.00. The number of hydrogen-bond donors (Lipinski definition) is 0. The summed E-state index contributed by atoms with van der Waals surface area (Å²) in [6.07, 6.45) is 6.01. The maximum Gasteiger partial charge on any atom is 0.120 e. The van der Waals surface area contributed by atoms with Gasteiger partial charge in [-0.1, -0.05) is 55.2 Å². The predicted molar refractivity (Wildman–Crippen MR) is 136 cm³/mol. The molecule has 0 aliphatic rings. The van der Waals surface area contributed by atoms with Crippen LogP contribution in [0.1, 0.15) is 38.8 Å². The third-order valence-electron chi connectivity index (χ3n) is 4.81. The quantitative estimate of drug-likeness (QED) is 0.339. The SMILES string of the molecule is CCN(C/C=C/C#CC(C)(C)C)Cc1cccc(OCc2cccc(-c3cncs3)c2)c1. The number of rotatable bonds is 9. The Morgan fingerprint density at radius 1 is 1.09 bits per heavy atom. The van der Waals surface area contributed by atoms with E-state index in [1.807, 2.05) is 23.8 Å². The van der Waals surface area contributed by atoms with Gasteiger partial charge in [0, 0.05) is 24.7 Å². The highest BCUT2D eigenvalue weighted by atomic mass is 32.1. The number of thiazole rings is 1. The lowest BCUT2D eigenvalue weighted by atomic mass is 9.98. The molecule has 166 valence electrons. The Labute approximate surface area is 196 Å². The highest BCUT2D eigenvalue weighted by Crippen LogP contribution is 2.24. The van der Waals surface area contributed by atoms with Gasteiger partial charge in [-0.05, 0) is 68.3 Å². The summed E-state index contributed by atoms with van der Waals surface area (Å²) in [5.41, 5.74) is 5.48. The van der Waals surface area contributed by atoms with Crippen molar-refractivity contribution in [2.75, 3.05) is 13.1 Å². The highest BCUT2D eigenvalue weighted by Gasteiger charge is 2.06. The molecule has 0 saturated carbocycles. The molecule has 0 bridgehead atoms. The lowest BCUT2D eigenvalue weighted by Gasteiger charge is -2.19. The molecular formula is C28H32N2OS. The molecular weight excluding hydrogens is 412 g/mol. The van der Waals surface area contributed by atoms with Crippen LogP contribution in [0.4, 0.5) is 0 Å². The molecule has 0 unspecified atom stereocenters.